The highest BCUT2D eigenvalue weighted by atomic mass is 32.2. The van der Waals surface area contributed by atoms with Gasteiger partial charge < -0.3 is 0 Å². The van der Waals surface area contributed by atoms with Crippen LogP contribution in [0.5, 0.6) is 0 Å². The molecule has 13 heteroatoms. The van der Waals surface area contributed by atoms with Gasteiger partial charge in [0.2, 0.25) is 10.0 Å². The zero-order chi connectivity index (χ0) is 27.2. The lowest BCUT2D eigenvalue weighted by Crippen LogP contribution is -2.51. The molecule has 4 atom stereocenters. The van der Waals surface area contributed by atoms with Crippen LogP contribution >= 0.6 is 0 Å². The number of Topliss-reactive ketones (excluding diaryl/α,β-unsaturated/α-hetero) is 1. The molecule has 1 aliphatic carbocycles. The van der Waals surface area contributed by atoms with Gasteiger partial charge in [-0.05, 0) is 61.7 Å². The van der Waals surface area contributed by atoms with Crippen molar-refractivity contribution in [2.24, 2.45) is 5.92 Å². The number of hydrogen-bond acceptors (Lipinski definition) is 6. The first kappa shape index (κ1) is 26.3. The average Bonchev–Trinajstić information content (AvgIpc) is 3.45. The Bertz CT molecular complexity index is 1450. The molecule has 1 saturated carbocycles. The minimum absolute atomic E-state index is 0.00863. The smallest absolute Gasteiger partial charge is 0.298 e. The fourth-order valence-corrected chi connectivity index (χ4v) is 7.06. The number of alkyl halides is 4. The third-order valence-corrected chi connectivity index (χ3v) is 8.91. The molecule has 2 fully saturated rings. The molecule has 1 aromatic carbocycles. The maximum Gasteiger partial charge on any atom is 0.433 e. The van der Waals surface area contributed by atoms with Gasteiger partial charge in [0.15, 0.2) is 5.78 Å². The van der Waals surface area contributed by atoms with Gasteiger partial charge in [0, 0.05) is 35.8 Å². The number of sulfonamides is 1. The lowest BCUT2D eigenvalue weighted by Gasteiger charge is -2.34. The highest BCUT2D eigenvalue weighted by Gasteiger charge is 2.58. The van der Waals surface area contributed by atoms with E-state index in [1.165, 1.54) is 18.5 Å². The van der Waals surface area contributed by atoms with Gasteiger partial charge in [-0.3, -0.25) is 9.78 Å². The summed E-state index contributed by atoms with van der Waals surface area (Å²) >= 11 is 0. The number of carbonyl (C=O) groups is 1. The quantitative estimate of drug-likeness (QED) is 0.404. The molecule has 0 N–H and O–H groups in total. The zero-order valence-corrected chi connectivity index (χ0v) is 20.5. The molecule has 5 rings (SSSR count). The number of aryl methyl sites for hydroxylation is 1. The number of benzene rings is 1. The van der Waals surface area contributed by atoms with Gasteiger partial charge in [-0.2, -0.15) is 17.5 Å². The maximum absolute atomic E-state index is 14.6. The van der Waals surface area contributed by atoms with Crippen molar-refractivity contribution in [2.75, 3.05) is 0 Å². The van der Waals surface area contributed by atoms with Crippen molar-refractivity contribution in [1.29, 1.82) is 0 Å². The van der Waals surface area contributed by atoms with Crippen molar-refractivity contribution in [3.63, 3.8) is 0 Å². The normalized spacial score (nSPS) is 23.6. The van der Waals surface area contributed by atoms with Crippen LogP contribution in [0.2, 0.25) is 0 Å². The van der Waals surface area contributed by atoms with E-state index in [9.17, 15) is 35.2 Å². The second kappa shape index (κ2) is 9.77. The summed E-state index contributed by atoms with van der Waals surface area (Å²) in [4.78, 5) is 24.7. The third kappa shape index (κ3) is 4.92. The Kier molecular flexibility index (Phi) is 6.76. The van der Waals surface area contributed by atoms with E-state index < -0.39 is 57.7 Å². The van der Waals surface area contributed by atoms with Crippen LogP contribution in [0.3, 0.4) is 0 Å². The minimum atomic E-state index is -4.58. The highest BCUT2D eigenvalue weighted by molar-refractivity contribution is 7.89. The first-order valence-corrected chi connectivity index (χ1v) is 13.2. The molecule has 7 nitrogen and oxygen atoms in total. The van der Waals surface area contributed by atoms with Crippen LogP contribution in [-0.2, 0) is 27.4 Å². The van der Waals surface area contributed by atoms with Crippen molar-refractivity contribution in [2.45, 2.75) is 55.0 Å². The molecule has 3 aromatic rings. The van der Waals surface area contributed by atoms with Gasteiger partial charge in [0.05, 0.1) is 16.6 Å². The molecule has 2 bridgehead atoms. The molecular formula is C25H21F5N4O3S. The van der Waals surface area contributed by atoms with Gasteiger partial charge in [0.1, 0.15) is 24.0 Å². The molecule has 1 unspecified atom stereocenters. The summed E-state index contributed by atoms with van der Waals surface area (Å²) in [6.07, 6.45) is -3.50. The Morgan fingerprint density at radius 2 is 1.76 bits per heavy atom. The fourth-order valence-electron chi connectivity index (χ4n) is 5.20. The van der Waals surface area contributed by atoms with Gasteiger partial charge in [-0.15, -0.1) is 0 Å². The number of piperidine rings is 1. The van der Waals surface area contributed by atoms with Crippen LogP contribution < -0.4 is 0 Å². The van der Waals surface area contributed by atoms with Crippen molar-refractivity contribution < 1.29 is 35.2 Å². The SMILES string of the molecule is O=C(CCc1cc(-c2ccc(C(F)(F)F)nc2)ncn1)[C@@H]1[C@@H]2C[C@@H](CC2F)N1S(=O)(=O)c1ccc(F)cc1. The monoisotopic (exact) mass is 552 g/mol. The number of fused-ring (bicyclic) bond motifs is 2. The van der Waals surface area contributed by atoms with E-state index in [1.807, 2.05) is 0 Å². The van der Waals surface area contributed by atoms with Crippen LogP contribution in [0, 0.1) is 11.7 Å². The van der Waals surface area contributed by atoms with Crippen LogP contribution in [0.25, 0.3) is 11.3 Å². The predicted molar refractivity (Wildman–Crippen MR) is 124 cm³/mol. The number of nitrogens with zero attached hydrogens (tertiary/aromatic N) is 4. The van der Waals surface area contributed by atoms with E-state index in [0.29, 0.717) is 17.0 Å². The topological polar surface area (TPSA) is 93.1 Å². The predicted octanol–water partition coefficient (Wildman–Crippen LogP) is 4.39. The maximum atomic E-state index is 14.6. The zero-order valence-electron chi connectivity index (χ0n) is 19.6. The highest BCUT2D eigenvalue weighted by Crippen LogP contribution is 2.47. The molecular weight excluding hydrogens is 531 g/mol. The van der Waals surface area contributed by atoms with E-state index in [2.05, 4.69) is 15.0 Å². The number of halogens is 5. The Balaban J connectivity index is 1.33. The van der Waals surface area contributed by atoms with Gasteiger partial charge in [-0.1, -0.05) is 0 Å². The summed E-state index contributed by atoms with van der Waals surface area (Å²) in [5, 5.41) is 0. The van der Waals surface area contributed by atoms with Crippen LogP contribution in [0.4, 0.5) is 22.0 Å². The lowest BCUT2D eigenvalue weighted by molar-refractivity contribution is -0.141. The number of rotatable bonds is 7. The van der Waals surface area contributed by atoms with Crippen molar-refractivity contribution in [3.05, 3.63) is 72.2 Å². The fraction of sp³-hybridized carbons (Fsp3) is 0.360. The Morgan fingerprint density at radius 3 is 2.42 bits per heavy atom. The summed E-state index contributed by atoms with van der Waals surface area (Å²) in [6, 6.07) is 5.94. The van der Waals surface area contributed by atoms with Crippen molar-refractivity contribution in [3.8, 4) is 11.3 Å². The first-order valence-electron chi connectivity index (χ1n) is 11.8. The lowest BCUT2D eigenvalue weighted by atomic mass is 9.92. The molecule has 1 aliphatic heterocycles. The van der Waals surface area contributed by atoms with Gasteiger partial charge in [-0.25, -0.2) is 27.2 Å². The van der Waals surface area contributed by atoms with Crippen LogP contribution in [-0.4, -0.2) is 51.7 Å². The van der Waals surface area contributed by atoms with Crippen molar-refractivity contribution >= 4 is 15.8 Å². The molecule has 3 heterocycles. The number of carbonyl (C=O) groups excluding carboxylic acids is 1. The second-order valence-electron chi connectivity index (χ2n) is 9.33. The molecule has 2 aromatic heterocycles. The standard InChI is InChI=1S/C25H21F5N4O3S/c26-15-2-5-18(6-3-15)38(36,37)34-17-10-19(20(27)11-17)24(34)22(35)7-4-16-9-21(33-13-32-16)14-1-8-23(31-12-14)25(28,29)30/h1-3,5-6,8-9,12-13,17,19-20,24H,4,7,10-11H2/t17-,19+,20?,24-/m0/s1. The van der Waals surface area contributed by atoms with Crippen LogP contribution in [0.15, 0.2) is 59.9 Å². The summed E-state index contributed by atoms with van der Waals surface area (Å²) in [5.41, 5.74) is -0.0275. The number of aromatic nitrogens is 3. The Morgan fingerprint density at radius 1 is 1.03 bits per heavy atom. The Labute approximate surface area is 214 Å². The van der Waals surface area contributed by atoms with E-state index in [0.717, 1.165) is 40.8 Å². The number of hydrogen-bond donors (Lipinski definition) is 0. The first-order chi connectivity index (χ1) is 17.9. The minimum Gasteiger partial charge on any atom is -0.298 e. The van der Waals surface area contributed by atoms with E-state index in [-0.39, 0.29) is 30.6 Å². The summed E-state index contributed by atoms with van der Waals surface area (Å²) in [5.74, 6) is -1.86. The summed E-state index contributed by atoms with van der Waals surface area (Å²) in [6.45, 7) is 0. The molecule has 38 heavy (non-hydrogen) atoms. The van der Waals surface area contributed by atoms with Gasteiger partial charge >= 0.3 is 6.18 Å². The molecule has 0 radical (unpaired) electrons. The number of pyridine rings is 1. The van der Waals surface area contributed by atoms with Crippen LogP contribution in [0.1, 0.15) is 30.7 Å². The average molecular weight is 553 g/mol. The second-order valence-corrected chi connectivity index (χ2v) is 11.2. The molecule has 0 spiro atoms. The Hall–Kier alpha value is -3.32. The molecule has 0 amide bonds. The van der Waals surface area contributed by atoms with E-state index in [4.69, 9.17) is 0 Å². The summed E-state index contributed by atoms with van der Waals surface area (Å²) < 4.78 is 94.1. The summed E-state index contributed by atoms with van der Waals surface area (Å²) in [7, 11) is -4.18. The van der Waals surface area contributed by atoms with E-state index in [1.54, 1.807) is 0 Å². The third-order valence-electron chi connectivity index (χ3n) is 6.97. The molecule has 200 valence electrons. The van der Waals surface area contributed by atoms with E-state index >= 15 is 0 Å². The van der Waals surface area contributed by atoms with Crippen molar-refractivity contribution in [1.82, 2.24) is 19.3 Å². The number of ketones is 1. The largest absolute Gasteiger partial charge is 0.433 e. The molecule has 2 aliphatic rings. The van der Waals surface area contributed by atoms with Gasteiger partial charge in [0.25, 0.3) is 0 Å². The molecule has 1 saturated heterocycles.